The Bertz CT molecular complexity index is 703. The predicted octanol–water partition coefficient (Wildman–Crippen LogP) is 3.50. The molecule has 0 aliphatic rings. The highest BCUT2D eigenvalue weighted by molar-refractivity contribution is 9.10. The van der Waals surface area contributed by atoms with E-state index < -0.39 is 12.0 Å². The van der Waals surface area contributed by atoms with Crippen molar-refractivity contribution in [3.05, 3.63) is 52.5 Å². The van der Waals surface area contributed by atoms with Gasteiger partial charge in [-0.1, -0.05) is 12.1 Å². The molecule has 2 aromatic carbocycles. The first-order valence-electron chi connectivity index (χ1n) is 5.86. The third-order valence-electron chi connectivity index (χ3n) is 2.60. The highest BCUT2D eigenvalue weighted by Crippen LogP contribution is 2.23. The average Bonchev–Trinajstić information content (AvgIpc) is 2.43. The Balaban J connectivity index is 2.17. The van der Waals surface area contributed by atoms with Gasteiger partial charge < -0.3 is 20.8 Å². The number of para-hydroxylation sites is 1. The zero-order chi connectivity index (χ0) is 15.4. The van der Waals surface area contributed by atoms with Gasteiger partial charge >= 0.3 is 12.0 Å². The van der Waals surface area contributed by atoms with Crippen LogP contribution < -0.4 is 10.6 Å². The number of nitrogens with one attached hydrogen (secondary N) is 2. The van der Waals surface area contributed by atoms with E-state index in [9.17, 15) is 14.7 Å². The SMILES string of the molecule is O=C(Nc1ccccc1Br)Nc1ccc(O)cc1C(=O)O. The van der Waals surface area contributed by atoms with E-state index in [1.54, 1.807) is 24.3 Å². The van der Waals surface area contributed by atoms with E-state index in [1.165, 1.54) is 12.1 Å². The van der Waals surface area contributed by atoms with Gasteiger partial charge in [-0.3, -0.25) is 0 Å². The molecule has 2 rings (SSSR count). The lowest BCUT2D eigenvalue weighted by atomic mass is 10.1. The molecule has 2 aromatic rings. The lowest BCUT2D eigenvalue weighted by Crippen LogP contribution is -2.21. The van der Waals surface area contributed by atoms with Gasteiger partial charge in [-0.15, -0.1) is 0 Å². The first-order chi connectivity index (χ1) is 9.97. The van der Waals surface area contributed by atoms with Crippen LogP contribution in [0.4, 0.5) is 16.2 Å². The minimum absolute atomic E-state index is 0.0878. The summed E-state index contributed by atoms with van der Waals surface area (Å²) >= 11 is 3.29. The summed E-state index contributed by atoms with van der Waals surface area (Å²) in [5.41, 5.74) is 0.438. The molecule has 0 atom stereocenters. The summed E-state index contributed by atoms with van der Waals surface area (Å²) in [4.78, 5) is 23.0. The van der Waals surface area contributed by atoms with E-state index in [0.717, 1.165) is 6.07 Å². The molecule has 21 heavy (non-hydrogen) atoms. The molecule has 0 heterocycles. The summed E-state index contributed by atoms with van der Waals surface area (Å²) < 4.78 is 0.698. The Hall–Kier alpha value is -2.54. The Kier molecular flexibility index (Phi) is 4.44. The number of aromatic carboxylic acids is 1. The van der Waals surface area contributed by atoms with Crippen molar-refractivity contribution in [3.63, 3.8) is 0 Å². The van der Waals surface area contributed by atoms with Crippen molar-refractivity contribution < 1.29 is 19.8 Å². The maximum absolute atomic E-state index is 11.9. The van der Waals surface area contributed by atoms with Crippen LogP contribution in [-0.2, 0) is 0 Å². The standard InChI is InChI=1S/C14H11BrN2O4/c15-10-3-1-2-4-12(10)17-14(21)16-11-6-5-8(18)7-9(11)13(19)20/h1-7,18H,(H,19,20)(H2,16,17,21). The average molecular weight is 351 g/mol. The maximum atomic E-state index is 11.9. The van der Waals surface area contributed by atoms with E-state index in [-0.39, 0.29) is 17.0 Å². The monoisotopic (exact) mass is 350 g/mol. The number of anilines is 2. The second kappa shape index (κ2) is 6.27. The normalized spacial score (nSPS) is 9.95. The molecule has 0 saturated carbocycles. The molecule has 0 fully saturated rings. The molecule has 108 valence electrons. The number of aromatic hydroxyl groups is 1. The lowest BCUT2D eigenvalue weighted by Gasteiger charge is -2.11. The molecule has 6 nitrogen and oxygen atoms in total. The van der Waals surface area contributed by atoms with Gasteiger partial charge in [0.25, 0.3) is 0 Å². The third-order valence-corrected chi connectivity index (χ3v) is 3.30. The zero-order valence-electron chi connectivity index (χ0n) is 10.6. The molecule has 2 amide bonds. The van der Waals surface area contributed by atoms with Gasteiger partial charge in [0.2, 0.25) is 0 Å². The molecular weight excluding hydrogens is 340 g/mol. The van der Waals surface area contributed by atoms with Gasteiger partial charge in [0.1, 0.15) is 5.75 Å². The van der Waals surface area contributed by atoms with Crippen LogP contribution in [0, 0.1) is 0 Å². The van der Waals surface area contributed by atoms with Crippen molar-refractivity contribution in [3.8, 4) is 5.75 Å². The molecule has 0 aliphatic heterocycles. The van der Waals surface area contributed by atoms with Crippen molar-refractivity contribution in [1.29, 1.82) is 0 Å². The summed E-state index contributed by atoms with van der Waals surface area (Å²) in [5.74, 6) is -1.44. The summed E-state index contributed by atoms with van der Waals surface area (Å²) in [6.45, 7) is 0. The highest BCUT2D eigenvalue weighted by Gasteiger charge is 2.13. The third kappa shape index (κ3) is 3.73. The first kappa shape index (κ1) is 14.9. The zero-order valence-corrected chi connectivity index (χ0v) is 12.2. The predicted molar refractivity (Wildman–Crippen MR) is 81.8 cm³/mol. The number of hydrogen-bond donors (Lipinski definition) is 4. The number of carbonyl (C=O) groups excluding carboxylic acids is 1. The van der Waals surface area contributed by atoms with E-state index >= 15 is 0 Å². The van der Waals surface area contributed by atoms with Gasteiger partial charge in [0.15, 0.2) is 0 Å². The second-order valence-corrected chi connectivity index (χ2v) is 4.95. The first-order valence-corrected chi connectivity index (χ1v) is 6.65. The number of phenols is 1. The largest absolute Gasteiger partial charge is 0.508 e. The van der Waals surface area contributed by atoms with Crippen LogP contribution in [0.5, 0.6) is 5.75 Å². The smallest absolute Gasteiger partial charge is 0.337 e. The minimum atomic E-state index is -1.25. The quantitative estimate of drug-likeness (QED) is 0.636. The van der Waals surface area contributed by atoms with Crippen LogP contribution in [0.2, 0.25) is 0 Å². The molecule has 0 spiro atoms. The van der Waals surface area contributed by atoms with Crippen LogP contribution in [-0.4, -0.2) is 22.2 Å². The van der Waals surface area contributed by atoms with Crippen LogP contribution in [0.15, 0.2) is 46.9 Å². The Morgan fingerprint density at radius 1 is 1.00 bits per heavy atom. The molecule has 0 aliphatic carbocycles. The number of phenolic OH excluding ortho intramolecular Hbond substituents is 1. The van der Waals surface area contributed by atoms with Gasteiger partial charge in [-0.05, 0) is 46.3 Å². The lowest BCUT2D eigenvalue weighted by molar-refractivity contribution is 0.0697. The van der Waals surface area contributed by atoms with Crippen molar-refractivity contribution in [2.45, 2.75) is 0 Å². The van der Waals surface area contributed by atoms with Gasteiger partial charge in [-0.25, -0.2) is 9.59 Å². The van der Waals surface area contributed by atoms with Gasteiger partial charge in [-0.2, -0.15) is 0 Å². The number of rotatable bonds is 3. The number of halogens is 1. The number of hydrogen-bond acceptors (Lipinski definition) is 3. The van der Waals surface area contributed by atoms with Crippen molar-refractivity contribution in [2.75, 3.05) is 10.6 Å². The number of amides is 2. The Labute approximate surface area is 128 Å². The van der Waals surface area contributed by atoms with Crippen LogP contribution in [0.1, 0.15) is 10.4 Å². The molecule has 0 unspecified atom stereocenters. The maximum Gasteiger partial charge on any atom is 0.337 e. The fourth-order valence-corrected chi connectivity index (χ4v) is 2.04. The summed E-state index contributed by atoms with van der Waals surface area (Å²) in [5, 5.41) is 23.4. The van der Waals surface area contributed by atoms with Gasteiger partial charge in [0.05, 0.1) is 16.9 Å². The molecule has 0 radical (unpaired) electrons. The van der Waals surface area contributed by atoms with E-state index in [4.69, 9.17) is 5.11 Å². The Morgan fingerprint density at radius 2 is 1.67 bits per heavy atom. The highest BCUT2D eigenvalue weighted by atomic mass is 79.9. The fraction of sp³-hybridized carbons (Fsp3) is 0. The van der Waals surface area contributed by atoms with Crippen molar-refractivity contribution in [2.24, 2.45) is 0 Å². The molecule has 7 heteroatoms. The van der Waals surface area contributed by atoms with E-state index in [1.807, 2.05) is 0 Å². The molecule has 0 aromatic heterocycles. The molecule has 0 bridgehead atoms. The molecule has 0 saturated heterocycles. The number of benzene rings is 2. The van der Waals surface area contributed by atoms with Crippen molar-refractivity contribution in [1.82, 2.24) is 0 Å². The summed E-state index contributed by atoms with van der Waals surface area (Å²) in [6.07, 6.45) is 0. The van der Waals surface area contributed by atoms with E-state index in [2.05, 4.69) is 26.6 Å². The second-order valence-electron chi connectivity index (χ2n) is 4.09. The number of carboxylic acid groups (broad SMARTS) is 1. The topological polar surface area (TPSA) is 98.7 Å². The van der Waals surface area contributed by atoms with Crippen LogP contribution >= 0.6 is 15.9 Å². The fourth-order valence-electron chi connectivity index (χ4n) is 1.66. The summed E-state index contributed by atoms with van der Waals surface area (Å²) in [7, 11) is 0. The van der Waals surface area contributed by atoms with Crippen molar-refractivity contribution >= 4 is 39.3 Å². The Morgan fingerprint density at radius 3 is 2.33 bits per heavy atom. The summed E-state index contributed by atoms with van der Waals surface area (Å²) in [6, 6.07) is 10.1. The van der Waals surface area contributed by atoms with Crippen LogP contribution in [0.3, 0.4) is 0 Å². The van der Waals surface area contributed by atoms with E-state index in [0.29, 0.717) is 10.2 Å². The van der Waals surface area contributed by atoms with Gasteiger partial charge in [0, 0.05) is 4.47 Å². The number of carbonyl (C=O) groups is 2. The minimum Gasteiger partial charge on any atom is -0.508 e. The van der Waals surface area contributed by atoms with Crippen LogP contribution in [0.25, 0.3) is 0 Å². The number of urea groups is 1. The molecular formula is C14H11BrN2O4. The molecule has 4 N–H and O–H groups in total. The number of carboxylic acids is 1.